The lowest BCUT2D eigenvalue weighted by Gasteiger charge is -2.02. The van der Waals surface area contributed by atoms with Crippen molar-refractivity contribution in [2.45, 2.75) is 6.92 Å². The number of nitriles is 2. The van der Waals surface area contributed by atoms with E-state index in [4.69, 9.17) is 10.5 Å². The molecule has 0 fully saturated rings. The number of benzene rings is 1. The quantitative estimate of drug-likeness (QED) is 0.688. The fourth-order valence-electron chi connectivity index (χ4n) is 1.12. The summed E-state index contributed by atoms with van der Waals surface area (Å²) >= 11 is 0. The van der Waals surface area contributed by atoms with Gasteiger partial charge in [-0.3, -0.25) is 4.79 Å². The third-order valence-electron chi connectivity index (χ3n) is 1.91. The van der Waals surface area contributed by atoms with Crippen LogP contribution in [0.4, 0.5) is 4.39 Å². The van der Waals surface area contributed by atoms with Crippen LogP contribution < -0.4 is 0 Å². The van der Waals surface area contributed by atoms with Gasteiger partial charge < -0.3 is 0 Å². The van der Waals surface area contributed by atoms with Gasteiger partial charge in [-0.2, -0.15) is 10.5 Å². The van der Waals surface area contributed by atoms with Gasteiger partial charge in [-0.1, -0.05) is 6.07 Å². The predicted octanol–water partition coefficient (Wildman–Crippen LogP) is 1.98. The summed E-state index contributed by atoms with van der Waals surface area (Å²) in [5.41, 5.74) is 0.461. The highest BCUT2D eigenvalue weighted by Gasteiger charge is 2.21. The summed E-state index contributed by atoms with van der Waals surface area (Å²) in [5.74, 6) is -2.93. The summed E-state index contributed by atoms with van der Waals surface area (Å²) in [4.78, 5) is 11.5. The monoisotopic (exact) mass is 202 g/mol. The Labute approximate surface area is 86.4 Å². The van der Waals surface area contributed by atoms with E-state index < -0.39 is 17.5 Å². The Morgan fingerprint density at radius 3 is 2.47 bits per heavy atom. The second kappa shape index (κ2) is 4.34. The molecule has 0 aliphatic carbocycles. The van der Waals surface area contributed by atoms with Crippen molar-refractivity contribution in [1.82, 2.24) is 0 Å². The number of rotatable bonds is 2. The number of carbonyl (C=O) groups excluding carboxylic acids is 1. The van der Waals surface area contributed by atoms with Gasteiger partial charge in [-0.05, 0) is 24.6 Å². The molecule has 0 N–H and O–H groups in total. The van der Waals surface area contributed by atoms with Crippen molar-refractivity contribution in [3.8, 4) is 12.1 Å². The molecule has 0 heterocycles. The lowest BCUT2D eigenvalue weighted by atomic mass is 9.99. The first-order valence-electron chi connectivity index (χ1n) is 4.19. The Hall–Kier alpha value is -2.20. The molecule has 0 aliphatic heterocycles. The number of Topliss-reactive ketones (excluding diaryl/α,β-unsaturated/α-hetero) is 1. The highest BCUT2D eigenvalue weighted by Crippen LogP contribution is 2.14. The van der Waals surface area contributed by atoms with Crippen molar-refractivity contribution in [2.24, 2.45) is 5.92 Å². The summed E-state index contributed by atoms with van der Waals surface area (Å²) in [6.07, 6.45) is 0. The van der Waals surface area contributed by atoms with Crippen molar-refractivity contribution in [2.75, 3.05) is 0 Å². The molecule has 1 aromatic rings. The van der Waals surface area contributed by atoms with Crippen molar-refractivity contribution < 1.29 is 9.18 Å². The van der Waals surface area contributed by atoms with E-state index in [0.717, 1.165) is 0 Å². The Kier molecular flexibility index (Phi) is 3.15. The number of hydrogen-bond donors (Lipinski definition) is 0. The molecule has 0 saturated heterocycles. The largest absolute Gasteiger partial charge is 0.291 e. The van der Waals surface area contributed by atoms with E-state index in [1.54, 1.807) is 13.0 Å². The predicted molar refractivity (Wildman–Crippen MR) is 50.2 cm³/mol. The first-order chi connectivity index (χ1) is 7.10. The topological polar surface area (TPSA) is 64.7 Å². The van der Waals surface area contributed by atoms with Gasteiger partial charge in [0.1, 0.15) is 5.82 Å². The number of nitrogens with zero attached hydrogens (tertiary/aromatic N) is 2. The zero-order valence-electron chi connectivity index (χ0n) is 7.99. The molecule has 0 saturated carbocycles. The Morgan fingerprint density at radius 2 is 2.00 bits per heavy atom. The van der Waals surface area contributed by atoms with Crippen LogP contribution in [0.3, 0.4) is 0 Å². The standard InChI is InChI=1S/C11H7FN2O/c1-7-2-3-9(10(12)4-7)11(15)8(5-13)6-14/h2-4,8H,1H3. The molecule has 0 spiro atoms. The van der Waals surface area contributed by atoms with Gasteiger partial charge in [-0.25, -0.2) is 4.39 Å². The summed E-state index contributed by atoms with van der Waals surface area (Å²) in [7, 11) is 0. The van der Waals surface area contributed by atoms with E-state index in [1.807, 2.05) is 0 Å². The van der Waals surface area contributed by atoms with Gasteiger partial charge >= 0.3 is 0 Å². The first kappa shape index (κ1) is 10.9. The minimum atomic E-state index is -1.44. The highest BCUT2D eigenvalue weighted by atomic mass is 19.1. The van der Waals surface area contributed by atoms with E-state index >= 15 is 0 Å². The van der Waals surface area contributed by atoms with Crippen LogP contribution in [0, 0.1) is 41.3 Å². The van der Waals surface area contributed by atoms with Crippen LogP contribution in [0.25, 0.3) is 0 Å². The molecule has 0 amide bonds. The normalized spacial score (nSPS) is 9.40. The van der Waals surface area contributed by atoms with Crippen LogP contribution in [0.1, 0.15) is 15.9 Å². The lowest BCUT2D eigenvalue weighted by molar-refractivity contribution is 0.0967. The minimum Gasteiger partial charge on any atom is -0.291 e. The molecular formula is C11H7FN2O. The van der Waals surface area contributed by atoms with Gasteiger partial charge in [-0.15, -0.1) is 0 Å². The van der Waals surface area contributed by atoms with Crippen LogP contribution in [0.15, 0.2) is 18.2 Å². The molecule has 0 aliphatic rings. The smallest absolute Gasteiger partial charge is 0.197 e. The molecule has 0 radical (unpaired) electrons. The highest BCUT2D eigenvalue weighted by molar-refractivity contribution is 6.01. The minimum absolute atomic E-state index is 0.214. The van der Waals surface area contributed by atoms with Gasteiger partial charge in [0.2, 0.25) is 0 Å². The molecule has 15 heavy (non-hydrogen) atoms. The number of ketones is 1. The second-order valence-corrected chi connectivity index (χ2v) is 3.04. The first-order valence-corrected chi connectivity index (χ1v) is 4.19. The summed E-state index contributed by atoms with van der Waals surface area (Å²) in [6.45, 7) is 1.68. The Morgan fingerprint density at radius 1 is 1.40 bits per heavy atom. The molecule has 0 bridgehead atoms. The zero-order valence-corrected chi connectivity index (χ0v) is 7.99. The lowest BCUT2D eigenvalue weighted by Crippen LogP contribution is -2.12. The van der Waals surface area contributed by atoms with E-state index in [1.165, 1.54) is 24.3 Å². The fourth-order valence-corrected chi connectivity index (χ4v) is 1.12. The maximum absolute atomic E-state index is 13.3. The van der Waals surface area contributed by atoms with Crippen LogP contribution in [-0.2, 0) is 0 Å². The summed E-state index contributed by atoms with van der Waals surface area (Å²) in [6, 6.07) is 7.07. The number of carbonyl (C=O) groups is 1. The van der Waals surface area contributed by atoms with Gasteiger partial charge in [0.15, 0.2) is 11.7 Å². The molecule has 1 rings (SSSR count). The Bertz CT molecular complexity index is 468. The molecule has 4 heteroatoms. The van der Waals surface area contributed by atoms with E-state index in [0.29, 0.717) is 5.56 Å². The molecule has 3 nitrogen and oxygen atoms in total. The summed E-state index contributed by atoms with van der Waals surface area (Å²) in [5, 5.41) is 17.0. The average molecular weight is 202 g/mol. The Balaban J connectivity index is 3.14. The van der Waals surface area contributed by atoms with Crippen molar-refractivity contribution in [1.29, 1.82) is 10.5 Å². The molecule has 0 aromatic heterocycles. The van der Waals surface area contributed by atoms with Crippen LogP contribution in [-0.4, -0.2) is 5.78 Å². The van der Waals surface area contributed by atoms with E-state index in [-0.39, 0.29) is 5.56 Å². The van der Waals surface area contributed by atoms with Crippen LogP contribution in [0.5, 0.6) is 0 Å². The van der Waals surface area contributed by atoms with E-state index in [9.17, 15) is 9.18 Å². The molecule has 1 aromatic carbocycles. The number of halogens is 1. The van der Waals surface area contributed by atoms with Crippen molar-refractivity contribution in [3.05, 3.63) is 35.1 Å². The van der Waals surface area contributed by atoms with Crippen LogP contribution >= 0.6 is 0 Å². The number of hydrogen-bond acceptors (Lipinski definition) is 3. The zero-order chi connectivity index (χ0) is 11.4. The third-order valence-corrected chi connectivity index (χ3v) is 1.91. The molecule has 0 atom stereocenters. The molecule has 74 valence electrons. The summed E-state index contributed by atoms with van der Waals surface area (Å²) < 4.78 is 13.3. The van der Waals surface area contributed by atoms with Gasteiger partial charge in [0, 0.05) is 0 Å². The number of aryl methyl sites for hydroxylation is 1. The SMILES string of the molecule is Cc1ccc(C(=O)C(C#N)C#N)c(F)c1. The van der Waals surface area contributed by atoms with Crippen molar-refractivity contribution >= 4 is 5.78 Å². The second-order valence-electron chi connectivity index (χ2n) is 3.04. The van der Waals surface area contributed by atoms with Gasteiger partial charge in [0.25, 0.3) is 0 Å². The van der Waals surface area contributed by atoms with Crippen molar-refractivity contribution in [3.63, 3.8) is 0 Å². The van der Waals surface area contributed by atoms with E-state index in [2.05, 4.69) is 0 Å². The maximum Gasteiger partial charge on any atom is 0.197 e. The fraction of sp³-hybridized carbons (Fsp3) is 0.182. The van der Waals surface area contributed by atoms with Crippen LogP contribution in [0.2, 0.25) is 0 Å². The third kappa shape index (κ3) is 2.18. The van der Waals surface area contributed by atoms with Gasteiger partial charge in [0.05, 0.1) is 17.7 Å². The molecule has 0 unspecified atom stereocenters. The molecular weight excluding hydrogens is 195 g/mol. The average Bonchev–Trinajstić information content (AvgIpc) is 2.19. The maximum atomic E-state index is 13.3.